The van der Waals surface area contributed by atoms with E-state index in [1.807, 2.05) is 11.3 Å². The molecule has 1 N–H and O–H groups in total. The molecule has 15 heavy (non-hydrogen) atoms. The monoisotopic (exact) mass is 225 g/mol. The Kier molecular flexibility index (Phi) is 4.35. The van der Waals surface area contributed by atoms with Gasteiger partial charge in [0.2, 0.25) is 0 Å². The Labute approximate surface area is 97.9 Å². The first kappa shape index (κ1) is 12.7. The van der Waals surface area contributed by atoms with E-state index in [9.17, 15) is 0 Å². The van der Waals surface area contributed by atoms with E-state index in [1.54, 1.807) is 0 Å². The lowest BCUT2D eigenvalue weighted by Crippen LogP contribution is -2.29. The van der Waals surface area contributed by atoms with E-state index in [1.165, 1.54) is 9.75 Å². The molecule has 1 nitrogen and oxygen atoms in total. The average molecular weight is 225 g/mol. The van der Waals surface area contributed by atoms with Gasteiger partial charge in [-0.15, -0.1) is 11.3 Å². The predicted molar refractivity (Wildman–Crippen MR) is 69.4 cm³/mol. The van der Waals surface area contributed by atoms with Crippen LogP contribution >= 0.6 is 11.3 Å². The molecular weight excluding hydrogens is 202 g/mol. The molecule has 86 valence electrons. The smallest absolute Gasteiger partial charge is 0.0299 e. The molecule has 0 fully saturated rings. The molecule has 1 atom stereocenters. The highest BCUT2D eigenvalue weighted by Crippen LogP contribution is 2.24. The third-order valence-electron chi connectivity index (χ3n) is 3.02. The summed E-state index contributed by atoms with van der Waals surface area (Å²) in [5.74, 6) is 0.707. The number of hydrogen-bond donors (Lipinski definition) is 1. The van der Waals surface area contributed by atoms with Crippen molar-refractivity contribution in [2.45, 2.75) is 41.2 Å². The van der Waals surface area contributed by atoms with Gasteiger partial charge in [0.1, 0.15) is 0 Å². The van der Waals surface area contributed by atoms with E-state index in [0.29, 0.717) is 11.3 Å². The summed E-state index contributed by atoms with van der Waals surface area (Å²) < 4.78 is 0. The van der Waals surface area contributed by atoms with E-state index < -0.39 is 0 Å². The highest BCUT2D eigenvalue weighted by atomic mass is 32.1. The SMILES string of the molecule is Cc1ccc(CNCC(C)C(C)(C)C)s1. The average Bonchev–Trinajstić information content (AvgIpc) is 2.49. The van der Waals surface area contributed by atoms with Gasteiger partial charge in [-0.25, -0.2) is 0 Å². The molecule has 0 aliphatic rings. The molecule has 1 unspecified atom stereocenters. The van der Waals surface area contributed by atoms with Crippen LogP contribution in [0.3, 0.4) is 0 Å². The Morgan fingerprint density at radius 3 is 2.47 bits per heavy atom. The quantitative estimate of drug-likeness (QED) is 0.821. The molecule has 0 saturated heterocycles. The van der Waals surface area contributed by atoms with Crippen molar-refractivity contribution in [2.75, 3.05) is 6.54 Å². The van der Waals surface area contributed by atoms with Gasteiger partial charge >= 0.3 is 0 Å². The normalized spacial score (nSPS) is 14.2. The molecule has 0 saturated carbocycles. The number of thiophene rings is 1. The van der Waals surface area contributed by atoms with Crippen molar-refractivity contribution in [2.24, 2.45) is 11.3 Å². The Morgan fingerprint density at radius 2 is 2.00 bits per heavy atom. The number of hydrogen-bond acceptors (Lipinski definition) is 2. The standard InChI is InChI=1S/C13H23NS/c1-10(13(3,4)5)8-14-9-12-7-6-11(2)15-12/h6-7,10,14H,8-9H2,1-5H3. The minimum atomic E-state index is 0.401. The minimum absolute atomic E-state index is 0.401. The molecule has 0 aliphatic carbocycles. The highest BCUT2D eigenvalue weighted by Gasteiger charge is 2.19. The molecule has 0 aromatic carbocycles. The van der Waals surface area contributed by atoms with Crippen molar-refractivity contribution in [3.8, 4) is 0 Å². The van der Waals surface area contributed by atoms with Gasteiger partial charge in [-0.2, -0.15) is 0 Å². The number of aryl methyl sites for hydroxylation is 1. The summed E-state index contributed by atoms with van der Waals surface area (Å²) >= 11 is 1.88. The van der Waals surface area contributed by atoms with E-state index in [4.69, 9.17) is 0 Å². The maximum Gasteiger partial charge on any atom is 0.0299 e. The number of rotatable bonds is 4. The van der Waals surface area contributed by atoms with E-state index >= 15 is 0 Å². The third-order valence-corrected chi connectivity index (χ3v) is 4.02. The fourth-order valence-electron chi connectivity index (χ4n) is 1.30. The van der Waals surface area contributed by atoms with Gasteiger partial charge in [-0.05, 0) is 36.9 Å². The van der Waals surface area contributed by atoms with E-state index in [2.05, 4.69) is 52.1 Å². The van der Waals surface area contributed by atoms with Gasteiger partial charge in [0.05, 0.1) is 0 Å². The molecule has 0 bridgehead atoms. The van der Waals surface area contributed by atoms with Crippen LogP contribution in [0, 0.1) is 18.3 Å². The largest absolute Gasteiger partial charge is 0.312 e. The molecular formula is C13H23NS. The van der Waals surface area contributed by atoms with Gasteiger partial charge in [0.15, 0.2) is 0 Å². The van der Waals surface area contributed by atoms with Crippen molar-refractivity contribution in [1.29, 1.82) is 0 Å². The van der Waals surface area contributed by atoms with Crippen LogP contribution < -0.4 is 5.32 Å². The minimum Gasteiger partial charge on any atom is -0.312 e. The van der Waals surface area contributed by atoms with Gasteiger partial charge in [0, 0.05) is 16.3 Å². The third kappa shape index (κ3) is 4.35. The van der Waals surface area contributed by atoms with E-state index in [0.717, 1.165) is 13.1 Å². The molecule has 1 aromatic rings. The summed E-state index contributed by atoms with van der Waals surface area (Å²) in [6.45, 7) is 13.5. The Bertz CT molecular complexity index is 296. The molecule has 0 radical (unpaired) electrons. The van der Waals surface area contributed by atoms with Crippen LogP contribution in [-0.2, 0) is 6.54 Å². The van der Waals surface area contributed by atoms with Crippen molar-refractivity contribution in [3.63, 3.8) is 0 Å². The van der Waals surface area contributed by atoms with Crippen LogP contribution in [0.1, 0.15) is 37.4 Å². The lowest BCUT2D eigenvalue weighted by atomic mass is 9.82. The fraction of sp³-hybridized carbons (Fsp3) is 0.692. The molecule has 1 aromatic heterocycles. The zero-order chi connectivity index (χ0) is 11.5. The maximum absolute atomic E-state index is 3.53. The summed E-state index contributed by atoms with van der Waals surface area (Å²) in [5, 5.41) is 3.53. The maximum atomic E-state index is 3.53. The van der Waals surface area contributed by atoms with Gasteiger partial charge in [0.25, 0.3) is 0 Å². The van der Waals surface area contributed by atoms with Gasteiger partial charge in [-0.1, -0.05) is 27.7 Å². The summed E-state index contributed by atoms with van der Waals surface area (Å²) in [7, 11) is 0. The summed E-state index contributed by atoms with van der Waals surface area (Å²) in [5.41, 5.74) is 0.401. The number of nitrogens with one attached hydrogen (secondary N) is 1. The van der Waals surface area contributed by atoms with Crippen molar-refractivity contribution in [3.05, 3.63) is 21.9 Å². The van der Waals surface area contributed by atoms with Crippen molar-refractivity contribution < 1.29 is 0 Å². The zero-order valence-corrected chi connectivity index (χ0v) is 11.4. The van der Waals surface area contributed by atoms with Crippen molar-refractivity contribution in [1.82, 2.24) is 5.32 Å². The Hall–Kier alpha value is -0.340. The van der Waals surface area contributed by atoms with Crippen LogP contribution in [0.5, 0.6) is 0 Å². The summed E-state index contributed by atoms with van der Waals surface area (Å²) in [6.07, 6.45) is 0. The predicted octanol–water partition coefficient (Wildman–Crippen LogP) is 3.83. The van der Waals surface area contributed by atoms with Crippen LogP contribution in [0.15, 0.2) is 12.1 Å². The first-order chi connectivity index (χ1) is 6.89. The van der Waals surface area contributed by atoms with Gasteiger partial charge in [-0.3, -0.25) is 0 Å². The van der Waals surface area contributed by atoms with Gasteiger partial charge < -0.3 is 5.32 Å². The molecule has 0 spiro atoms. The van der Waals surface area contributed by atoms with Crippen LogP contribution in [0.4, 0.5) is 0 Å². The molecule has 1 rings (SSSR count). The highest BCUT2D eigenvalue weighted by molar-refractivity contribution is 7.11. The molecule has 2 heteroatoms. The van der Waals surface area contributed by atoms with E-state index in [-0.39, 0.29) is 0 Å². The fourth-order valence-corrected chi connectivity index (χ4v) is 2.16. The van der Waals surface area contributed by atoms with Crippen LogP contribution in [0.2, 0.25) is 0 Å². The lowest BCUT2D eigenvalue weighted by molar-refractivity contribution is 0.253. The Balaban J connectivity index is 2.28. The van der Waals surface area contributed by atoms with Crippen LogP contribution in [-0.4, -0.2) is 6.54 Å². The van der Waals surface area contributed by atoms with Crippen molar-refractivity contribution >= 4 is 11.3 Å². The second kappa shape index (κ2) is 5.13. The molecule has 1 heterocycles. The summed E-state index contributed by atoms with van der Waals surface area (Å²) in [6, 6.07) is 4.41. The second-order valence-electron chi connectivity index (χ2n) is 5.41. The second-order valence-corrected chi connectivity index (χ2v) is 6.78. The molecule has 0 amide bonds. The van der Waals surface area contributed by atoms with Crippen LogP contribution in [0.25, 0.3) is 0 Å². The lowest BCUT2D eigenvalue weighted by Gasteiger charge is -2.27. The first-order valence-corrected chi connectivity index (χ1v) is 6.47. The molecule has 0 aliphatic heterocycles. The topological polar surface area (TPSA) is 12.0 Å². The Morgan fingerprint density at radius 1 is 1.33 bits per heavy atom. The summed E-state index contributed by atoms with van der Waals surface area (Å²) in [4.78, 5) is 2.84. The first-order valence-electron chi connectivity index (χ1n) is 5.65. The zero-order valence-electron chi connectivity index (χ0n) is 10.6.